The normalized spacial score (nSPS) is 13.6. The maximum Gasteiger partial charge on any atom is 0.179 e. The molecule has 4 nitrogen and oxygen atoms in total. The van der Waals surface area contributed by atoms with Gasteiger partial charge in [-0.1, -0.05) is 12.1 Å². The molecule has 0 spiro atoms. The minimum atomic E-state index is -3.41. The van der Waals surface area contributed by atoms with Crippen LogP contribution in [0.25, 0.3) is 0 Å². The first kappa shape index (κ1) is 12.0. The Kier molecular flexibility index (Phi) is 3.36. The smallest absolute Gasteiger partial charge is 0.179 e. The van der Waals surface area contributed by atoms with Crippen molar-refractivity contribution in [2.24, 2.45) is 0 Å². The Hall–Kier alpha value is -1.07. The molecule has 0 amide bonds. The van der Waals surface area contributed by atoms with Gasteiger partial charge in [0.05, 0.1) is 13.2 Å². The molecule has 5 heteroatoms. The van der Waals surface area contributed by atoms with E-state index in [1.807, 2.05) is 0 Å². The highest BCUT2D eigenvalue weighted by Crippen LogP contribution is 2.30. The lowest BCUT2D eigenvalue weighted by atomic mass is 10.1. The fourth-order valence-corrected chi connectivity index (χ4v) is 2.60. The summed E-state index contributed by atoms with van der Waals surface area (Å²) in [5.74, 6) is 0.260. The predicted molar refractivity (Wildman–Crippen MR) is 56.7 cm³/mol. The van der Waals surface area contributed by atoms with Gasteiger partial charge >= 0.3 is 0 Å². The Labute approximate surface area is 89.4 Å². The zero-order valence-corrected chi connectivity index (χ0v) is 9.71. The zero-order chi connectivity index (χ0) is 11.6. The molecule has 0 aliphatic carbocycles. The van der Waals surface area contributed by atoms with Gasteiger partial charge in [0.25, 0.3) is 0 Å². The molecule has 0 saturated carbocycles. The number of aliphatic hydroxyl groups excluding tert-OH is 1. The molecule has 0 aromatic heterocycles. The molecule has 0 bridgehead atoms. The molecule has 0 heterocycles. The topological polar surface area (TPSA) is 63.6 Å². The molecule has 1 atom stereocenters. The number of hydrogen-bond acceptors (Lipinski definition) is 4. The molecular formula is C10H14O4S. The zero-order valence-electron chi connectivity index (χ0n) is 8.89. The van der Waals surface area contributed by atoms with Crippen molar-refractivity contribution in [2.75, 3.05) is 13.4 Å². The number of methoxy groups -OCH3 is 1. The van der Waals surface area contributed by atoms with Gasteiger partial charge in [0.2, 0.25) is 0 Å². The third-order valence-corrected chi connectivity index (χ3v) is 3.23. The quantitative estimate of drug-likeness (QED) is 0.846. The molecular weight excluding hydrogens is 216 g/mol. The van der Waals surface area contributed by atoms with Crippen molar-refractivity contribution < 1.29 is 18.3 Å². The van der Waals surface area contributed by atoms with Crippen LogP contribution in [0.3, 0.4) is 0 Å². The van der Waals surface area contributed by atoms with E-state index in [1.165, 1.54) is 14.0 Å². The molecule has 15 heavy (non-hydrogen) atoms. The molecule has 84 valence electrons. The van der Waals surface area contributed by atoms with Crippen molar-refractivity contribution in [3.8, 4) is 5.75 Å². The number of ether oxygens (including phenoxy) is 1. The first-order chi connectivity index (χ1) is 6.88. The van der Waals surface area contributed by atoms with Gasteiger partial charge in [0.15, 0.2) is 9.84 Å². The Morgan fingerprint density at radius 3 is 2.40 bits per heavy atom. The van der Waals surface area contributed by atoms with Gasteiger partial charge in [-0.3, -0.25) is 0 Å². The van der Waals surface area contributed by atoms with E-state index in [1.54, 1.807) is 18.2 Å². The predicted octanol–water partition coefficient (Wildman–Crippen LogP) is 1.15. The standard InChI is InChI=1S/C10H14O4S/c1-7(11)8-5-4-6-9(14-2)10(8)15(3,12)13/h4-7,11H,1-3H3. The maximum absolute atomic E-state index is 11.5. The average Bonchev–Trinajstić information content (AvgIpc) is 2.15. The summed E-state index contributed by atoms with van der Waals surface area (Å²) < 4.78 is 28.1. The van der Waals surface area contributed by atoms with Crippen molar-refractivity contribution in [1.82, 2.24) is 0 Å². The van der Waals surface area contributed by atoms with E-state index in [0.717, 1.165) is 6.26 Å². The van der Waals surface area contributed by atoms with E-state index in [9.17, 15) is 13.5 Å². The molecule has 1 N–H and O–H groups in total. The minimum absolute atomic E-state index is 0.0579. The third kappa shape index (κ3) is 2.49. The van der Waals surface area contributed by atoms with Crippen LogP contribution < -0.4 is 4.74 Å². The molecule has 0 fully saturated rings. The first-order valence-corrected chi connectivity index (χ1v) is 6.32. The largest absolute Gasteiger partial charge is 0.495 e. The van der Waals surface area contributed by atoms with Crippen LogP contribution in [0.1, 0.15) is 18.6 Å². The summed E-state index contributed by atoms with van der Waals surface area (Å²) in [6.07, 6.45) is 0.251. The summed E-state index contributed by atoms with van der Waals surface area (Å²) >= 11 is 0. The highest BCUT2D eigenvalue weighted by atomic mass is 32.2. The van der Waals surface area contributed by atoms with Crippen LogP contribution in [0, 0.1) is 0 Å². The molecule has 0 aliphatic rings. The van der Waals surface area contributed by atoms with E-state index in [0.29, 0.717) is 5.56 Å². The highest BCUT2D eigenvalue weighted by molar-refractivity contribution is 7.90. The Balaban J connectivity index is 3.55. The van der Waals surface area contributed by atoms with E-state index in [-0.39, 0.29) is 10.6 Å². The SMILES string of the molecule is COc1cccc(C(C)O)c1S(C)(=O)=O. The Morgan fingerprint density at radius 2 is 2.00 bits per heavy atom. The van der Waals surface area contributed by atoms with Crippen LogP contribution in [0.2, 0.25) is 0 Å². The molecule has 0 saturated heterocycles. The van der Waals surface area contributed by atoms with Crippen molar-refractivity contribution >= 4 is 9.84 Å². The molecule has 1 aromatic carbocycles. The number of benzene rings is 1. The second kappa shape index (κ2) is 4.20. The van der Waals surface area contributed by atoms with Crippen LogP contribution in [0.4, 0.5) is 0 Å². The second-order valence-electron chi connectivity index (χ2n) is 3.33. The summed E-state index contributed by atoms with van der Waals surface area (Å²) in [5, 5.41) is 9.47. The second-order valence-corrected chi connectivity index (χ2v) is 5.28. The van der Waals surface area contributed by atoms with Crippen LogP contribution in [-0.4, -0.2) is 26.9 Å². The van der Waals surface area contributed by atoms with Crippen molar-refractivity contribution in [3.63, 3.8) is 0 Å². The van der Waals surface area contributed by atoms with Crippen molar-refractivity contribution in [2.45, 2.75) is 17.9 Å². The third-order valence-electron chi connectivity index (χ3n) is 2.05. The van der Waals surface area contributed by atoms with Gasteiger partial charge in [0, 0.05) is 11.8 Å². The molecule has 1 aromatic rings. The Morgan fingerprint density at radius 1 is 1.40 bits per heavy atom. The first-order valence-electron chi connectivity index (χ1n) is 4.43. The van der Waals surface area contributed by atoms with Gasteiger partial charge in [-0.2, -0.15) is 0 Å². The van der Waals surface area contributed by atoms with E-state index in [2.05, 4.69) is 0 Å². The Bertz CT molecular complexity index is 448. The fraction of sp³-hybridized carbons (Fsp3) is 0.400. The van der Waals surface area contributed by atoms with Crippen molar-refractivity contribution in [1.29, 1.82) is 0 Å². The summed E-state index contributed by atoms with van der Waals surface area (Å²) in [6.45, 7) is 1.52. The summed E-state index contributed by atoms with van der Waals surface area (Å²) in [4.78, 5) is 0.0579. The average molecular weight is 230 g/mol. The van der Waals surface area contributed by atoms with E-state index < -0.39 is 15.9 Å². The summed E-state index contributed by atoms with van der Waals surface area (Å²) in [7, 11) is -2.01. The van der Waals surface area contributed by atoms with E-state index >= 15 is 0 Å². The lowest BCUT2D eigenvalue weighted by Crippen LogP contribution is -2.07. The monoisotopic (exact) mass is 230 g/mol. The lowest BCUT2D eigenvalue weighted by Gasteiger charge is -2.13. The van der Waals surface area contributed by atoms with Crippen LogP contribution in [-0.2, 0) is 9.84 Å². The number of rotatable bonds is 3. The van der Waals surface area contributed by atoms with Gasteiger partial charge in [-0.05, 0) is 13.0 Å². The van der Waals surface area contributed by atoms with Gasteiger partial charge in [-0.25, -0.2) is 8.42 Å². The summed E-state index contributed by atoms with van der Waals surface area (Å²) in [5.41, 5.74) is 0.358. The highest BCUT2D eigenvalue weighted by Gasteiger charge is 2.21. The number of sulfone groups is 1. The van der Waals surface area contributed by atoms with E-state index in [4.69, 9.17) is 4.74 Å². The molecule has 0 radical (unpaired) electrons. The molecule has 0 aliphatic heterocycles. The van der Waals surface area contributed by atoms with Crippen LogP contribution in [0.15, 0.2) is 23.1 Å². The lowest BCUT2D eigenvalue weighted by molar-refractivity contribution is 0.195. The van der Waals surface area contributed by atoms with Gasteiger partial charge in [0.1, 0.15) is 10.6 Å². The minimum Gasteiger partial charge on any atom is -0.495 e. The number of aliphatic hydroxyl groups is 1. The van der Waals surface area contributed by atoms with Gasteiger partial charge < -0.3 is 9.84 Å². The van der Waals surface area contributed by atoms with Crippen molar-refractivity contribution in [3.05, 3.63) is 23.8 Å². The van der Waals surface area contributed by atoms with Crippen LogP contribution >= 0.6 is 0 Å². The molecule has 1 unspecified atom stereocenters. The summed E-state index contributed by atoms with van der Waals surface area (Å²) in [6, 6.07) is 4.78. The maximum atomic E-state index is 11.5. The van der Waals surface area contributed by atoms with Gasteiger partial charge in [-0.15, -0.1) is 0 Å². The fourth-order valence-electron chi connectivity index (χ4n) is 1.42. The molecule has 1 rings (SSSR count). The number of hydrogen-bond donors (Lipinski definition) is 1. The van der Waals surface area contributed by atoms with Crippen LogP contribution in [0.5, 0.6) is 5.75 Å².